The third-order valence-electron chi connectivity index (χ3n) is 3.01. The highest BCUT2D eigenvalue weighted by atomic mass is 32.2. The zero-order chi connectivity index (χ0) is 13.2. The Morgan fingerprint density at radius 3 is 2.56 bits per heavy atom. The number of aromatic carboxylic acids is 1. The number of thiophene rings is 1. The second kappa shape index (κ2) is 5.38. The molecule has 0 amide bonds. The van der Waals surface area contributed by atoms with Gasteiger partial charge in [-0.05, 0) is 18.9 Å². The number of nitrogens with one attached hydrogen (secondary N) is 1. The Hall–Kier alpha value is -0.920. The fraction of sp³-hybridized carbons (Fsp3) is 0.545. The highest BCUT2D eigenvalue weighted by Gasteiger charge is 2.23. The summed E-state index contributed by atoms with van der Waals surface area (Å²) in [6.07, 6.45) is 4.95. The minimum absolute atomic E-state index is 0.0147. The van der Waals surface area contributed by atoms with Gasteiger partial charge in [-0.15, -0.1) is 11.3 Å². The maximum Gasteiger partial charge on any atom is 0.336 e. The first-order valence-electron chi connectivity index (χ1n) is 5.83. The molecule has 1 heterocycles. The predicted octanol–water partition coefficient (Wildman–Crippen LogP) is 2.06. The van der Waals surface area contributed by atoms with E-state index >= 15 is 0 Å². The third kappa shape index (κ3) is 3.09. The Balaban J connectivity index is 2.11. The normalized spacial score (nSPS) is 17.8. The second-order valence-corrected chi connectivity index (χ2v) is 7.27. The molecule has 100 valence electrons. The molecule has 1 aromatic heterocycles. The number of carbonyl (C=O) groups is 1. The van der Waals surface area contributed by atoms with E-state index < -0.39 is 16.0 Å². The molecule has 0 saturated heterocycles. The Kier molecular flexibility index (Phi) is 4.04. The van der Waals surface area contributed by atoms with Crippen molar-refractivity contribution >= 4 is 27.3 Å². The summed E-state index contributed by atoms with van der Waals surface area (Å²) < 4.78 is 26.8. The van der Waals surface area contributed by atoms with E-state index in [0.29, 0.717) is 0 Å². The predicted molar refractivity (Wildman–Crippen MR) is 68.5 cm³/mol. The topological polar surface area (TPSA) is 83.5 Å². The minimum Gasteiger partial charge on any atom is -0.478 e. The SMILES string of the molecule is O=C(O)c1csc(S(=O)(=O)NC2CCCCC2)c1. The van der Waals surface area contributed by atoms with Crippen LogP contribution in [0.2, 0.25) is 0 Å². The van der Waals surface area contributed by atoms with Gasteiger partial charge < -0.3 is 5.11 Å². The molecular formula is C11H15NO4S2. The van der Waals surface area contributed by atoms with Gasteiger partial charge in [0.25, 0.3) is 0 Å². The van der Waals surface area contributed by atoms with Crippen LogP contribution in [-0.2, 0) is 10.0 Å². The van der Waals surface area contributed by atoms with Gasteiger partial charge in [0.05, 0.1) is 5.56 Å². The molecule has 1 aliphatic carbocycles. The molecule has 7 heteroatoms. The largest absolute Gasteiger partial charge is 0.478 e. The van der Waals surface area contributed by atoms with Crippen LogP contribution in [0.5, 0.6) is 0 Å². The average molecular weight is 289 g/mol. The summed E-state index contributed by atoms with van der Waals surface area (Å²) in [6, 6.07) is 1.19. The van der Waals surface area contributed by atoms with Crippen LogP contribution < -0.4 is 4.72 Å². The zero-order valence-electron chi connectivity index (χ0n) is 9.76. The Morgan fingerprint density at radius 2 is 2.00 bits per heavy atom. The fourth-order valence-corrected chi connectivity index (χ4v) is 4.54. The summed E-state index contributed by atoms with van der Waals surface area (Å²) in [5, 5.41) is 10.1. The molecule has 5 nitrogen and oxygen atoms in total. The van der Waals surface area contributed by atoms with Crippen LogP contribution >= 0.6 is 11.3 Å². The van der Waals surface area contributed by atoms with Gasteiger partial charge in [-0.25, -0.2) is 17.9 Å². The van der Waals surface area contributed by atoms with E-state index in [0.717, 1.165) is 43.4 Å². The molecule has 2 rings (SSSR count). The standard InChI is InChI=1S/C11H15NO4S2/c13-11(14)8-6-10(17-7-8)18(15,16)12-9-4-2-1-3-5-9/h6-7,9,12H,1-5H2,(H,13,14). The first kappa shape index (κ1) is 13.5. The highest BCUT2D eigenvalue weighted by molar-refractivity contribution is 7.91. The maximum absolute atomic E-state index is 12.0. The molecule has 0 atom stereocenters. The van der Waals surface area contributed by atoms with Crippen LogP contribution in [0.25, 0.3) is 0 Å². The maximum atomic E-state index is 12.0. The fourth-order valence-electron chi connectivity index (χ4n) is 2.07. The van der Waals surface area contributed by atoms with Crippen molar-refractivity contribution < 1.29 is 18.3 Å². The number of carboxylic acid groups (broad SMARTS) is 1. The van der Waals surface area contributed by atoms with E-state index in [2.05, 4.69) is 4.72 Å². The molecule has 0 aromatic carbocycles. The summed E-state index contributed by atoms with van der Waals surface area (Å²) in [4.78, 5) is 10.7. The molecule has 0 bridgehead atoms. The van der Waals surface area contributed by atoms with Gasteiger partial charge in [0.15, 0.2) is 0 Å². The third-order valence-corrected chi connectivity index (χ3v) is 5.97. The number of rotatable bonds is 4. The van der Waals surface area contributed by atoms with Crippen molar-refractivity contribution in [2.45, 2.75) is 42.4 Å². The Morgan fingerprint density at radius 1 is 1.33 bits per heavy atom. The smallest absolute Gasteiger partial charge is 0.336 e. The van der Waals surface area contributed by atoms with E-state index in [1.807, 2.05) is 0 Å². The lowest BCUT2D eigenvalue weighted by Crippen LogP contribution is -2.35. The van der Waals surface area contributed by atoms with Crippen LogP contribution in [0.15, 0.2) is 15.7 Å². The van der Waals surface area contributed by atoms with E-state index in [9.17, 15) is 13.2 Å². The minimum atomic E-state index is -3.57. The molecule has 1 aliphatic rings. The highest BCUT2D eigenvalue weighted by Crippen LogP contribution is 2.23. The molecule has 18 heavy (non-hydrogen) atoms. The zero-order valence-corrected chi connectivity index (χ0v) is 11.4. The summed E-state index contributed by atoms with van der Waals surface area (Å²) in [6.45, 7) is 0. The molecule has 1 aromatic rings. The molecule has 1 fully saturated rings. The van der Waals surface area contributed by atoms with Crippen molar-refractivity contribution in [3.8, 4) is 0 Å². The van der Waals surface area contributed by atoms with Crippen LogP contribution in [0.3, 0.4) is 0 Å². The van der Waals surface area contributed by atoms with Crippen molar-refractivity contribution in [2.24, 2.45) is 0 Å². The van der Waals surface area contributed by atoms with Crippen molar-refractivity contribution in [2.75, 3.05) is 0 Å². The van der Waals surface area contributed by atoms with Gasteiger partial charge in [-0.1, -0.05) is 19.3 Å². The number of hydrogen-bond acceptors (Lipinski definition) is 4. The molecule has 0 radical (unpaired) electrons. The lowest BCUT2D eigenvalue weighted by Gasteiger charge is -2.22. The Labute approximate surface area is 110 Å². The summed E-state index contributed by atoms with van der Waals surface area (Å²) in [5.74, 6) is -1.11. The van der Waals surface area contributed by atoms with Crippen LogP contribution in [0, 0.1) is 0 Å². The van der Waals surface area contributed by atoms with E-state index in [1.165, 1.54) is 11.4 Å². The molecular weight excluding hydrogens is 274 g/mol. The molecule has 1 saturated carbocycles. The first-order valence-corrected chi connectivity index (χ1v) is 8.19. The molecule has 0 spiro atoms. The summed E-state index contributed by atoms with van der Waals surface area (Å²) >= 11 is 0.942. The van der Waals surface area contributed by atoms with Gasteiger partial charge in [-0.3, -0.25) is 0 Å². The van der Waals surface area contributed by atoms with Crippen molar-refractivity contribution in [1.82, 2.24) is 4.72 Å². The number of hydrogen-bond donors (Lipinski definition) is 2. The molecule has 2 N–H and O–H groups in total. The Bertz CT molecular complexity index is 529. The van der Waals surface area contributed by atoms with E-state index in [1.54, 1.807) is 0 Å². The first-order chi connectivity index (χ1) is 8.49. The van der Waals surface area contributed by atoms with Gasteiger partial charge >= 0.3 is 5.97 Å². The average Bonchev–Trinajstić information content (AvgIpc) is 2.79. The van der Waals surface area contributed by atoms with Crippen LogP contribution in [0.4, 0.5) is 0 Å². The second-order valence-electron chi connectivity index (χ2n) is 4.42. The van der Waals surface area contributed by atoms with Gasteiger partial charge in [0.1, 0.15) is 4.21 Å². The van der Waals surface area contributed by atoms with E-state index in [4.69, 9.17) is 5.11 Å². The van der Waals surface area contributed by atoms with Crippen molar-refractivity contribution in [3.63, 3.8) is 0 Å². The van der Waals surface area contributed by atoms with Crippen molar-refractivity contribution in [3.05, 3.63) is 17.0 Å². The summed E-state index contributed by atoms with van der Waals surface area (Å²) in [5.41, 5.74) is 0.0176. The van der Waals surface area contributed by atoms with Gasteiger partial charge in [-0.2, -0.15) is 0 Å². The monoisotopic (exact) mass is 289 g/mol. The van der Waals surface area contributed by atoms with E-state index in [-0.39, 0.29) is 15.8 Å². The van der Waals surface area contributed by atoms with Crippen molar-refractivity contribution in [1.29, 1.82) is 0 Å². The molecule has 0 unspecified atom stereocenters. The lowest BCUT2D eigenvalue weighted by molar-refractivity contribution is 0.0697. The molecule has 0 aliphatic heterocycles. The lowest BCUT2D eigenvalue weighted by atomic mass is 9.96. The number of carboxylic acids is 1. The van der Waals surface area contributed by atoms with Crippen LogP contribution in [0.1, 0.15) is 42.5 Å². The van der Waals surface area contributed by atoms with Crippen LogP contribution in [-0.4, -0.2) is 25.5 Å². The number of sulfonamides is 1. The van der Waals surface area contributed by atoms with Gasteiger partial charge in [0.2, 0.25) is 10.0 Å². The quantitative estimate of drug-likeness (QED) is 0.888. The van der Waals surface area contributed by atoms with Gasteiger partial charge in [0, 0.05) is 11.4 Å². The summed E-state index contributed by atoms with van der Waals surface area (Å²) in [7, 11) is -3.57.